The van der Waals surface area contributed by atoms with Crippen molar-refractivity contribution in [3.05, 3.63) is 151 Å². The average Bonchev–Trinajstić information content (AvgIpc) is 3.72. The second-order valence-corrected chi connectivity index (χ2v) is 14.3. The van der Waals surface area contributed by atoms with Crippen LogP contribution in [0.3, 0.4) is 0 Å². The molecule has 0 aliphatic carbocycles. The molecule has 1 aliphatic rings. The predicted octanol–water partition coefficient (Wildman–Crippen LogP) is 11.8. The van der Waals surface area contributed by atoms with E-state index in [0.29, 0.717) is 0 Å². The number of para-hydroxylation sites is 1. The van der Waals surface area contributed by atoms with Gasteiger partial charge in [-0.2, -0.15) is 0 Å². The first-order chi connectivity index (χ1) is 25.6. The lowest BCUT2D eigenvalue weighted by Crippen LogP contribution is -2.36. The summed E-state index contributed by atoms with van der Waals surface area (Å²) in [6, 6.07) is 50.7. The Morgan fingerprint density at radius 3 is 2.27 bits per heavy atom. The molecule has 2 aromatic heterocycles. The Kier molecular flexibility index (Phi) is 7.31. The molecule has 0 bridgehead atoms. The number of rotatable bonds is 8. The summed E-state index contributed by atoms with van der Waals surface area (Å²) in [6.07, 6.45) is 4.88. The fourth-order valence-electron chi connectivity index (χ4n) is 8.41. The van der Waals surface area contributed by atoms with Gasteiger partial charge in [-0.1, -0.05) is 117 Å². The van der Waals surface area contributed by atoms with Gasteiger partial charge in [0.05, 0.1) is 16.9 Å². The molecule has 0 spiro atoms. The highest BCUT2D eigenvalue weighted by Crippen LogP contribution is 2.42. The van der Waals surface area contributed by atoms with Crippen molar-refractivity contribution < 1.29 is 4.42 Å². The summed E-state index contributed by atoms with van der Waals surface area (Å²) in [7, 11) is 2.29. The van der Waals surface area contributed by atoms with Gasteiger partial charge in [0.2, 0.25) is 7.28 Å². The number of furan rings is 1. The fraction of sp³-hybridized carbons (Fsp3) is 0.125. The maximum absolute atomic E-state index is 6.78. The van der Waals surface area contributed by atoms with E-state index in [0.717, 1.165) is 40.1 Å². The molecule has 7 aromatic carbocycles. The highest BCUT2D eigenvalue weighted by Gasteiger charge is 2.31. The smallest absolute Gasteiger partial charge is 0.247 e. The van der Waals surface area contributed by atoms with Crippen LogP contribution in [0.15, 0.2) is 144 Å². The van der Waals surface area contributed by atoms with Crippen LogP contribution in [0, 0.1) is 6.92 Å². The van der Waals surface area contributed by atoms with Crippen LogP contribution in [0.4, 0.5) is 11.4 Å². The number of nitrogens with zero attached hydrogens (tertiary/aromatic N) is 1. The lowest BCUT2D eigenvalue weighted by atomic mass is 9.62. The minimum Gasteiger partial charge on any atom is -0.469 e. The maximum Gasteiger partial charge on any atom is 0.247 e. The second-order valence-electron chi connectivity index (χ2n) is 14.3. The molecule has 0 atom stereocenters. The molecule has 52 heavy (non-hydrogen) atoms. The summed E-state index contributed by atoms with van der Waals surface area (Å²) in [6.45, 7) is 4.53. The van der Waals surface area contributed by atoms with E-state index >= 15 is 0 Å². The maximum atomic E-state index is 6.78. The molecule has 0 unspecified atom stereocenters. The van der Waals surface area contributed by atoms with E-state index < -0.39 is 0 Å². The predicted molar refractivity (Wildman–Crippen MR) is 222 cm³/mol. The molecule has 249 valence electrons. The number of aryl methyl sites for hydroxylation is 2. The Bertz CT molecular complexity index is 2810. The van der Waals surface area contributed by atoms with Crippen molar-refractivity contribution >= 4 is 73.3 Å². The molecular weight excluding hydrogens is 631 g/mol. The van der Waals surface area contributed by atoms with E-state index in [1.54, 1.807) is 0 Å². The van der Waals surface area contributed by atoms with Gasteiger partial charge < -0.3 is 14.3 Å². The molecule has 3 nitrogen and oxygen atoms in total. The SMILES string of the molecule is CCCCCc1ccc(Nc2ccccc2-c2cc(C)c3c4cc5ccccc5cc4n4c3c2[B]c2oc3ccc(-c5ccccc5)cc3c2-4)cc1. The van der Waals surface area contributed by atoms with E-state index in [1.807, 2.05) is 0 Å². The summed E-state index contributed by atoms with van der Waals surface area (Å²) < 4.78 is 9.27. The van der Waals surface area contributed by atoms with Crippen molar-refractivity contribution in [2.75, 3.05) is 5.32 Å². The van der Waals surface area contributed by atoms with Gasteiger partial charge in [0.25, 0.3) is 0 Å². The summed E-state index contributed by atoms with van der Waals surface area (Å²) in [5.74, 6) is 0. The molecule has 0 saturated heterocycles. The summed E-state index contributed by atoms with van der Waals surface area (Å²) in [4.78, 5) is 0. The molecule has 0 fully saturated rings. The third-order valence-corrected chi connectivity index (χ3v) is 10.9. The number of aromatic nitrogens is 1. The first-order valence-electron chi connectivity index (χ1n) is 18.6. The number of unbranched alkanes of at least 4 members (excludes halogenated alkanes) is 2. The Morgan fingerprint density at radius 2 is 1.44 bits per heavy atom. The number of hydrogen-bond acceptors (Lipinski definition) is 2. The van der Waals surface area contributed by atoms with Gasteiger partial charge >= 0.3 is 0 Å². The zero-order chi connectivity index (χ0) is 34.8. The number of nitrogens with one attached hydrogen (secondary N) is 1. The van der Waals surface area contributed by atoms with E-state index in [4.69, 9.17) is 4.42 Å². The molecule has 0 saturated carbocycles. The van der Waals surface area contributed by atoms with Gasteiger partial charge in [-0.25, -0.2) is 0 Å². The Morgan fingerprint density at radius 1 is 0.673 bits per heavy atom. The highest BCUT2D eigenvalue weighted by atomic mass is 16.3. The van der Waals surface area contributed by atoms with Crippen molar-refractivity contribution in [3.63, 3.8) is 0 Å². The van der Waals surface area contributed by atoms with E-state index in [2.05, 4.69) is 171 Å². The van der Waals surface area contributed by atoms with Crippen molar-refractivity contribution in [2.45, 2.75) is 39.5 Å². The van der Waals surface area contributed by atoms with Gasteiger partial charge in [0.1, 0.15) is 5.58 Å². The first kappa shape index (κ1) is 30.8. The highest BCUT2D eigenvalue weighted by molar-refractivity contribution is 6.73. The van der Waals surface area contributed by atoms with Crippen LogP contribution < -0.4 is 16.4 Å². The lowest BCUT2D eigenvalue weighted by molar-refractivity contribution is 0.650. The van der Waals surface area contributed by atoms with Crippen LogP contribution in [-0.4, -0.2) is 11.8 Å². The monoisotopic (exact) mass is 669 g/mol. The van der Waals surface area contributed by atoms with Crippen LogP contribution in [-0.2, 0) is 6.42 Å². The van der Waals surface area contributed by atoms with Crippen LogP contribution in [0.5, 0.6) is 0 Å². The fourth-order valence-corrected chi connectivity index (χ4v) is 8.41. The normalized spacial score (nSPS) is 12.1. The molecule has 3 heterocycles. The van der Waals surface area contributed by atoms with Crippen LogP contribution in [0.1, 0.15) is 37.3 Å². The van der Waals surface area contributed by atoms with Gasteiger partial charge in [-0.15, -0.1) is 0 Å². The molecular formula is C48H38BN2O. The Labute approximate surface area is 304 Å². The summed E-state index contributed by atoms with van der Waals surface area (Å²) in [5, 5.41) is 9.93. The van der Waals surface area contributed by atoms with E-state index in [9.17, 15) is 0 Å². The zero-order valence-corrected chi connectivity index (χ0v) is 29.5. The molecule has 4 heteroatoms. The van der Waals surface area contributed by atoms with Crippen molar-refractivity contribution in [2.24, 2.45) is 0 Å². The third-order valence-electron chi connectivity index (χ3n) is 10.9. The van der Waals surface area contributed by atoms with Crippen molar-refractivity contribution in [1.82, 2.24) is 4.57 Å². The number of benzene rings is 7. The number of fused-ring (bicyclic) bond motifs is 8. The Balaban J connectivity index is 1.19. The van der Waals surface area contributed by atoms with Gasteiger partial charge in [-0.3, -0.25) is 0 Å². The Hall–Kier alpha value is -6.00. The molecule has 1 radical (unpaired) electrons. The average molecular weight is 670 g/mol. The summed E-state index contributed by atoms with van der Waals surface area (Å²) >= 11 is 0. The first-order valence-corrected chi connectivity index (χ1v) is 18.6. The third kappa shape index (κ3) is 4.97. The van der Waals surface area contributed by atoms with Crippen LogP contribution in [0.2, 0.25) is 0 Å². The molecule has 1 N–H and O–H groups in total. The molecule has 1 aliphatic heterocycles. The van der Waals surface area contributed by atoms with Crippen molar-refractivity contribution in [3.8, 4) is 27.9 Å². The number of hydrogen-bond donors (Lipinski definition) is 1. The standard InChI is InChI=1S/C48H38BN2O/c1-3-4-6-13-31-20-23-36(24-21-31)50-41-19-12-11-18-37(41)38-26-30(2)44-39-27-33-16-9-10-17-34(33)29-42(39)51-46-40-28-35(32-14-7-5-8-15-32)22-25-43(40)52-48(46)49-45(38)47(44)51/h5,7-12,14-29,50H,3-4,6,13H2,1-2H3. The van der Waals surface area contributed by atoms with Crippen LogP contribution >= 0.6 is 0 Å². The van der Waals surface area contributed by atoms with E-state index in [1.165, 1.54) is 90.7 Å². The van der Waals surface area contributed by atoms with Gasteiger partial charge in [-0.05, 0) is 106 Å². The zero-order valence-electron chi connectivity index (χ0n) is 29.5. The lowest BCUT2D eigenvalue weighted by Gasteiger charge is -2.22. The molecule has 9 aromatic rings. The summed E-state index contributed by atoms with van der Waals surface area (Å²) in [5.41, 5.74) is 16.0. The topological polar surface area (TPSA) is 30.1 Å². The van der Waals surface area contributed by atoms with E-state index in [-0.39, 0.29) is 0 Å². The van der Waals surface area contributed by atoms with Gasteiger partial charge in [0, 0.05) is 38.6 Å². The minimum atomic E-state index is 0.883. The quantitative estimate of drug-likeness (QED) is 0.129. The second kappa shape index (κ2) is 12.3. The largest absolute Gasteiger partial charge is 0.469 e. The van der Waals surface area contributed by atoms with Crippen LogP contribution in [0.25, 0.3) is 71.5 Å². The number of anilines is 2. The minimum absolute atomic E-state index is 0.883. The molecule has 0 amide bonds. The van der Waals surface area contributed by atoms with Gasteiger partial charge in [0.15, 0.2) is 0 Å². The molecule has 10 rings (SSSR count). The van der Waals surface area contributed by atoms with Crippen molar-refractivity contribution in [1.29, 1.82) is 0 Å².